The largest absolute Gasteiger partial charge is 0.493 e. The minimum absolute atomic E-state index is 0.196. The van der Waals surface area contributed by atoms with Gasteiger partial charge in [0.15, 0.2) is 17.3 Å². The number of benzene rings is 2. The van der Waals surface area contributed by atoms with Gasteiger partial charge in [-0.15, -0.1) is 11.3 Å². The fraction of sp³-hybridized carbons (Fsp3) is 0.250. The monoisotopic (exact) mass is 461 g/mol. The van der Waals surface area contributed by atoms with E-state index in [4.69, 9.17) is 9.47 Å². The molecule has 1 aliphatic carbocycles. The number of H-pyrrole nitrogens is 1. The first-order valence-corrected chi connectivity index (χ1v) is 11.4. The van der Waals surface area contributed by atoms with E-state index in [1.165, 1.54) is 24.2 Å². The summed E-state index contributed by atoms with van der Waals surface area (Å²) in [5, 5.41) is 11.0. The third-order valence-electron chi connectivity index (χ3n) is 5.50. The van der Waals surface area contributed by atoms with Crippen LogP contribution >= 0.6 is 11.3 Å². The maximum Gasteiger partial charge on any atom is 0.267 e. The van der Waals surface area contributed by atoms with Crippen molar-refractivity contribution in [3.63, 3.8) is 0 Å². The second-order valence-corrected chi connectivity index (χ2v) is 8.85. The number of methoxy groups -OCH3 is 2. The predicted octanol–water partition coefficient (Wildman–Crippen LogP) is 5.05. The molecule has 2 aromatic heterocycles. The van der Waals surface area contributed by atoms with Crippen LogP contribution in [-0.4, -0.2) is 40.3 Å². The lowest BCUT2D eigenvalue weighted by Crippen LogP contribution is -2.11. The average Bonchev–Trinajstić information content (AvgIpc) is 3.43. The number of amides is 1. The Labute approximate surface area is 195 Å². The molecule has 0 atom stereocenters. The topological polar surface area (TPSA) is 102 Å². The van der Waals surface area contributed by atoms with Crippen LogP contribution in [0.15, 0.2) is 42.5 Å². The second kappa shape index (κ2) is 8.67. The normalized spacial score (nSPS) is 13.1. The van der Waals surface area contributed by atoms with Crippen LogP contribution in [0.25, 0.3) is 22.0 Å². The molecule has 0 saturated heterocycles. The summed E-state index contributed by atoms with van der Waals surface area (Å²) >= 11 is 1.34. The lowest BCUT2D eigenvalue weighted by atomic mass is 10.2. The molecule has 2 aromatic carbocycles. The summed E-state index contributed by atoms with van der Waals surface area (Å²) in [5.74, 6) is 3.21. The number of aryl methyl sites for hydroxylation is 1. The van der Waals surface area contributed by atoms with Crippen molar-refractivity contribution in [1.82, 2.24) is 20.2 Å². The maximum absolute atomic E-state index is 12.9. The number of thiazole rings is 1. The van der Waals surface area contributed by atoms with Gasteiger partial charge < -0.3 is 14.8 Å². The van der Waals surface area contributed by atoms with Crippen LogP contribution in [-0.2, 0) is 0 Å². The molecule has 0 spiro atoms. The molecular formula is C24H23N5O3S. The highest BCUT2D eigenvalue weighted by Crippen LogP contribution is 2.38. The van der Waals surface area contributed by atoms with Crippen molar-refractivity contribution in [3.05, 3.63) is 58.9 Å². The zero-order chi connectivity index (χ0) is 22.9. The smallest absolute Gasteiger partial charge is 0.267 e. The Morgan fingerprint density at radius 3 is 2.45 bits per heavy atom. The van der Waals surface area contributed by atoms with Gasteiger partial charge >= 0.3 is 0 Å². The summed E-state index contributed by atoms with van der Waals surface area (Å²) in [5.41, 5.74) is 3.14. The number of aromatic nitrogens is 4. The highest BCUT2D eigenvalue weighted by atomic mass is 32.1. The average molecular weight is 462 g/mol. The number of carbonyl (C=O) groups excluding carboxylic acids is 1. The summed E-state index contributed by atoms with van der Waals surface area (Å²) < 4.78 is 10.7. The number of nitrogens with zero attached hydrogens (tertiary/aromatic N) is 3. The van der Waals surface area contributed by atoms with Gasteiger partial charge in [0.05, 0.1) is 19.9 Å². The van der Waals surface area contributed by atoms with E-state index in [9.17, 15) is 4.79 Å². The van der Waals surface area contributed by atoms with Gasteiger partial charge in [-0.25, -0.2) is 9.97 Å². The number of ether oxygens (including phenoxy) is 2. The van der Waals surface area contributed by atoms with E-state index in [2.05, 4.69) is 25.5 Å². The zero-order valence-corrected chi connectivity index (χ0v) is 19.3. The summed E-state index contributed by atoms with van der Waals surface area (Å²) in [6.45, 7) is 1.83. The quantitative estimate of drug-likeness (QED) is 0.399. The summed E-state index contributed by atoms with van der Waals surface area (Å²) in [6, 6.07) is 13.1. The molecule has 1 aliphatic rings. The molecule has 1 amide bonds. The molecule has 1 fully saturated rings. The molecule has 1 saturated carbocycles. The number of nitrogens with one attached hydrogen (secondary N) is 2. The minimum atomic E-state index is -0.196. The summed E-state index contributed by atoms with van der Waals surface area (Å²) in [7, 11) is 3.18. The van der Waals surface area contributed by atoms with Crippen LogP contribution in [0.2, 0.25) is 0 Å². The van der Waals surface area contributed by atoms with Crippen molar-refractivity contribution >= 4 is 22.9 Å². The first-order valence-electron chi connectivity index (χ1n) is 10.6. The van der Waals surface area contributed by atoms with E-state index in [1.54, 1.807) is 14.2 Å². The summed E-state index contributed by atoms with van der Waals surface area (Å²) in [6.07, 6.45) is 2.34. The SMILES string of the molecule is COc1ccc(-c2nc(C)c(C(=O)Nc3ccc(-c4n[nH]c(C5CC5)n4)cc3)s2)cc1OC. The number of hydrogen-bond acceptors (Lipinski definition) is 7. The van der Waals surface area contributed by atoms with Crippen LogP contribution < -0.4 is 14.8 Å². The molecule has 2 N–H and O–H groups in total. The zero-order valence-electron chi connectivity index (χ0n) is 18.5. The van der Waals surface area contributed by atoms with Crippen molar-refractivity contribution in [2.75, 3.05) is 19.5 Å². The van der Waals surface area contributed by atoms with Crippen molar-refractivity contribution in [2.24, 2.45) is 0 Å². The Balaban J connectivity index is 1.31. The van der Waals surface area contributed by atoms with E-state index >= 15 is 0 Å². The van der Waals surface area contributed by atoms with Crippen LogP contribution in [0, 0.1) is 6.92 Å². The van der Waals surface area contributed by atoms with Crippen LogP contribution in [0.3, 0.4) is 0 Å². The molecule has 0 radical (unpaired) electrons. The number of rotatable bonds is 7. The molecule has 0 aliphatic heterocycles. The van der Waals surface area contributed by atoms with Gasteiger partial charge in [0, 0.05) is 22.7 Å². The van der Waals surface area contributed by atoms with Crippen LogP contribution in [0.1, 0.15) is 39.9 Å². The van der Waals surface area contributed by atoms with Crippen molar-refractivity contribution in [3.8, 4) is 33.5 Å². The molecule has 9 heteroatoms. The fourth-order valence-electron chi connectivity index (χ4n) is 3.53. The lowest BCUT2D eigenvalue weighted by Gasteiger charge is -2.08. The standard InChI is InChI=1S/C24H23N5O3S/c1-13-20(33-24(25-13)16-8-11-18(31-2)19(12-16)32-3)23(30)26-17-9-6-15(7-10-17)22-27-21(28-29-22)14-4-5-14/h6-12,14H,4-5H2,1-3H3,(H,26,30)(H,27,28,29). The number of hydrogen-bond donors (Lipinski definition) is 2. The Morgan fingerprint density at radius 1 is 1.03 bits per heavy atom. The number of anilines is 1. The molecule has 2 heterocycles. The van der Waals surface area contributed by atoms with Gasteiger partial charge in [0.25, 0.3) is 5.91 Å². The second-order valence-electron chi connectivity index (χ2n) is 7.85. The summed E-state index contributed by atoms with van der Waals surface area (Å²) in [4.78, 5) is 22.7. The van der Waals surface area contributed by atoms with E-state index in [-0.39, 0.29) is 5.91 Å². The molecule has 5 rings (SSSR count). The third kappa shape index (κ3) is 4.31. The molecule has 168 valence electrons. The van der Waals surface area contributed by atoms with Gasteiger partial charge in [-0.2, -0.15) is 5.10 Å². The van der Waals surface area contributed by atoms with Gasteiger partial charge in [0.2, 0.25) is 0 Å². The molecule has 0 bridgehead atoms. The predicted molar refractivity (Wildman–Crippen MR) is 127 cm³/mol. The number of aromatic amines is 1. The molecule has 33 heavy (non-hydrogen) atoms. The van der Waals surface area contributed by atoms with Gasteiger partial charge in [-0.05, 0) is 62.2 Å². The minimum Gasteiger partial charge on any atom is -0.493 e. The van der Waals surface area contributed by atoms with Gasteiger partial charge in [-0.1, -0.05) is 0 Å². The Hall–Kier alpha value is -3.72. The van der Waals surface area contributed by atoms with Crippen LogP contribution in [0.5, 0.6) is 11.5 Å². The fourth-order valence-corrected chi connectivity index (χ4v) is 4.49. The molecule has 0 unspecified atom stereocenters. The third-order valence-corrected chi connectivity index (χ3v) is 6.71. The molecule has 4 aromatic rings. The Bertz CT molecular complexity index is 1310. The highest BCUT2D eigenvalue weighted by Gasteiger charge is 2.27. The van der Waals surface area contributed by atoms with Crippen molar-refractivity contribution < 1.29 is 14.3 Å². The molecule has 8 nitrogen and oxygen atoms in total. The maximum atomic E-state index is 12.9. The van der Waals surface area contributed by atoms with Crippen LogP contribution in [0.4, 0.5) is 5.69 Å². The first kappa shape index (κ1) is 21.1. The number of carbonyl (C=O) groups is 1. The van der Waals surface area contributed by atoms with Crippen molar-refractivity contribution in [1.29, 1.82) is 0 Å². The Morgan fingerprint density at radius 2 is 1.76 bits per heavy atom. The highest BCUT2D eigenvalue weighted by molar-refractivity contribution is 7.17. The first-order chi connectivity index (χ1) is 16.1. The van der Waals surface area contributed by atoms with Gasteiger partial charge in [-0.3, -0.25) is 9.89 Å². The Kier molecular flexibility index (Phi) is 5.55. The van der Waals surface area contributed by atoms with Crippen molar-refractivity contribution in [2.45, 2.75) is 25.7 Å². The van der Waals surface area contributed by atoms with E-state index in [1.807, 2.05) is 49.4 Å². The van der Waals surface area contributed by atoms with E-state index in [0.717, 1.165) is 22.0 Å². The van der Waals surface area contributed by atoms with Gasteiger partial charge in [0.1, 0.15) is 15.7 Å². The lowest BCUT2D eigenvalue weighted by molar-refractivity contribution is 0.103. The molecular weight excluding hydrogens is 438 g/mol. The van der Waals surface area contributed by atoms with E-state index < -0.39 is 0 Å². The van der Waals surface area contributed by atoms with E-state index in [0.29, 0.717) is 39.5 Å².